The maximum Gasteiger partial charge on any atom is 0.222 e. The van der Waals surface area contributed by atoms with E-state index in [0.717, 1.165) is 32.4 Å². The van der Waals surface area contributed by atoms with Crippen molar-refractivity contribution in [3.63, 3.8) is 0 Å². The average Bonchev–Trinajstić information content (AvgIpc) is 2.14. The van der Waals surface area contributed by atoms with Crippen molar-refractivity contribution in [2.24, 2.45) is 0 Å². The van der Waals surface area contributed by atoms with Gasteiger partial charge in [0.2, 0.25) is 5.91 Å². The van der Waals surface area contributed by atoms with Crippen LogP contribution in [0, 0.1) is 0 Å². The summed E-state index contributed by atoms with van der Waals surface area (Å²) >= 11 is 0. The Morgan fingerprint density at radius 1 is 1.31 bits per heavy atom. The van der Waals surface area contributed by atoms with Crippen LogP contribution in [-0.4, -0.2) is 23.9 Å². The van der Waals surface area contributed by atoms with Crippen molar-refractivity contribution in [2.75, 3.05) is 13.1 Å². The van der Waals surface area contributed by atoms with Crippen LogP contribution in [0.4, 0.5) is 0 Å². The SMILES string of the molecule is C=CCCC(=O)N(CCC)CCC. The molecule has 0 rings (SSSR count). The monoisotopic (exact) mass is 183 g/mol. The number of carbonyl (C=O) groups excluding carboxylic acids is 1. The Labute approximate surface area is 81.6 Å². The molecule has 1 amide bonds. The molecule has 0 atom stereocenters. The van der Waals surface area contributed by atoms with Crippen molar-refractivity contribution < 1.29 is 4.79 Å². The van der Waals surface area contributed by atoms with Gasteiger partial charge in [-0.1, -0.05) is 19.9 Å². The molecule has 0 aliphatic rings. The lowest BCUT2D eigenvalue weighted by Gasteiger charge is -2.20. The maximum atomic E-state index is 11.6. The van der Waals surface area contributed by atoms with E-state index < -0.39 is 0 Å². The summed E-state index contributed by atoms with van der Waals surface area (Å²) in [6.07, 6.45) is 5.29. The van der Waals surface area contributed by atoms with Crippen LogP contribution in [0.25, 0.3) is 0 Å². The van der Waals surface area contributed by atoms with Crippen LogP contribution < -0.4 is 0 Å². The predicted octanol–water partition coefficient (Wildman–Crippen LogP) is 2.60. The van der Waals surface area contributed by atoms with E-state index in [0.29, 0.717) is 6.42 Å². The molecule has 0 aliphatic carbocycles. The van der Waals surface area contributed by atoms with Crippen LogP contribution in [0.15, 0.2) is 12.7 Å². The van der Waals surface area contributed by atoms with Crippen molar-refractivity contribution in [1.82, 2.24) is 4.90 Å². The van der Waals surface area contributed by atoms with E-state index in [4.69, 9.17) is 0 Å². The van der Waals surface area contributed by atoms with Gasteiger partial charge in [-0.15, -0.1) is 6.58 Å². The molecule has 76 valence electrons. The molecular formula is C11H21NO. The molecule has 0 N–H and O–H groups in total. The molecule has 0 unspecified atom stereocenters. The van der Waals surface area contributed by atoms with E-state index in [2.05, 4.69) is 20.4 Å². The summed E-state index contributed by atoms with van der Waals surface area (Å²) in [4.78, 5) is 13.5. The Hall–Kier alpha value is -0.790. The summed E-state index contributed by atoms with van der Waals surface area (Å²) in [7, 11) is 0. The zero-order valence-electron chi connectivity index (χ0n) is 8.88. The molecular weight excluding hydrogens is 162 g/mol. The smallest absolute Gasteiger partial charge is 0.222 e. The van der Waals surface area contributed by atoms with Crippen LogP contribution in [0.2, 0.25) is 0 Å². The van der Waals surface area contributed by atoms with E-state index >= 15 is 0 Å². The lowest BCUT2D eigenvalue weighted by atomic mass is 10.2. The van der Waals surface area contributed by atoms with Crippen molar-refractivity contribution in [3.05, 3.63) is 12.7 Å². The first-order chi connectivity index (χ1) is 6.26. The van der Waals surface area contributed by atoms with Gasteiger partial charge in [0.05, 0.1) is 0 Å². The first-order valence-corrected chi connectivity index (χ1v) is 5.14. The molecule has 2 nitrogen and oxygen atoms in total. The van der Waals surface area contributed by atoms with Crippen LogP contribution in [0.1, 0.15) is 39.5 Å². The highest BCUT2D eigenvalue weighted by Crippen LogP contribution is 2.01. The molecule has 0 radical (unpaired) electrons. The van der Waals surface area contributed by atoms with Gasteiger partial charge in [-0.3, -0.25) is 4.79 Å². The molecule has 0 saturated carbocycles. The van der Waals surface area contributed by atoms with Crippen LogP contribution in [-0.2, 0) is 4.79 Å². The minimum atomic E-state index is 0.267. The highest BCUT2D eigenvalue weighted by atomic mass is 16.2. The molecule has 0 spiro atoms. The molecule has 2 heteroatoms. The number of carbonyl (C=O) groups is 1. The summed E-state index contributed by atoms with van der Waals surface area (Å²) < 4.78 is 0. The minimum absolute atomic E-state index is 0.267. The third-order valence-corrected chi connectivity index (χ3v) is 1.90. The topological polar surface area (TPSA) is 20.3 Å². The molecule has 0 bridgehead atoms. The number of amides is 1. The first kappa shape index (κ1) is 12.2. The van der Waals surface area contributed by atoms with E-state index in [1.54, 1.807) is 6.08 Å². The van der Waals surface area contributed by atoms with E-state index in [1.807, 2.05) is 4.90 Å². The van der Waals surface area contributed by atoms with Crippen molar-refractivity contribution >= 4 is 5.91 Å². The Morgan fingerprint density at radius 2 is 1.85 bits per heavy atom. The standard InChI is InChI=1S/C11H21NO/c1-4-7-8-11(13)12(9-5-2)10-6-3/h4H,1,5-10H2,2-3H3. The Bertz CT molecular complexity index is 148. The van der Waals surface area contributed by atoms with Gasteiger partial charge >= 0.3 is 0 Å². The van der Waals surface area contributed by atoms with Gasteiger partial charge in [0.25, 0.3) is 0 Å². The quantitative estimate of drug-likeness (QED) is 0.556. The maximum absolute atomic E-state index is 11.6. The van der Waals surface area contributed by atoms with Gasteiger partial charge in [0.1, 0.15) is 0 Å². The van der Waals surface area contributed by atoms with E-state index in [1.165, 1.54) is 0 Å². The van der Waals surface area contributed by atoms with Gasteiger partial charge in [-0.25, -0.2) is 0 Å². The summed E-state index contributed by atoms with van der Waals surface area (Å²) in [5.41, 5.74) is 0. The molecule has 0 aliphatic heterocycles. The summed E-state index contributed by atoms with van der Waals surface area (Å²) in [5, 5.41) is 0. The van der Waals surface area contributed by atoms with Crippen molar-refractivity contribution in [3.8, 4) is 0 Å². The largest absolute Gasteiger partial charge is 0.343 e. The molecule has 0 aromatic heterocycles. The lowest BCUT2D eigenvalue weighted by molar-refractivity contribution is -0.131. The van der Waals surface area contributed by atoms with Gasteiger partial charge in [-0.2, -0.15) is 0 Å². The second-order valence-corrected chi connectivity index (χ2v) is 3.21. The second kappa shape index (κ2) is 7.84. The highest BCUT2D eigenvalue weighted by molar-refractivity contribution is 5.76. The summed E-state index contributed by atoms with van der Waals surface area (Å²) in [5.74, 6) is 0.267. The Kier molecular flexibility index (Phi) is 7.36. The second-order valence-electron chi connectivity index (χ2n) is 3.21. The van der Waals surface area contributed by atoms with E-state index in [-0.39, 0.29) is 5.91 Å². The van der Waals surface area contributed by atoms with Crippen molar-refractivity contribution in [1.29, 1.82) is 0 Å². The van der Waals surface area contributed by atoms with Crippen LogP contribution in [0.5, 0.6) is 0 Å². The van der Waals surface area contributed by atoms with Gasteiger partial charge in [0.15, 0.2) is 0 Å². The number of nitrogens with zero attached hydrogens (tertiary/aromatic N) is 1. The summed E-state index contributed by atoms with van der Waals surface area (Å²) in [6.45, 7) is 9.60. The fourth-order valence-electron chi connectivity index (χ4n) is 1.28. The van der Waals surface area contributed by atoms with E-state index in [9.17, 15) is 4.79 Å². The predicted molar refractivity (Wildman–Crippen MR) is 56.6 cm³/mol. The summed E-state index contributed by atoms with van der Waals surface area (Å²) in [6, 6.07) is 0. The molecule has 0 saturated heterocycles. The van der Waals surface area contributed by atoms with Crippen LogP contribution >= 0.6 is 0 Å². The normalized spacial score (nSPS) is 9.69. The number of allylic oxidation sites excluding steroid dienone is 1. The fraction of sp³-hybridized carbons (Fsp3) is 0.727. The Morgan fingerprint density at radius 3 is 2.23 bits per heavy atom. The van der Waals surface area contributed by atoms with Gasteiger partial charge < -0.3 is 4.90 Å². The first-order valence-electron chi connectivity index (χ1n) is 5.14. The molecule has 0 heterocycles. The highest BCUT2D eigenvalue weighted by Gasteiger charge is 2.09. The third-order valence-electron chi connectivity index (χ3n) is 1.90. The molecule has 0 aromatic carbocycles. The zero-order chi connectivity index (χ0) is 10.1. The molecule has 13 heavy (non-hydrogen) atoms. The third kappa shape index (κ3) is 5.45. The molecule has 0 aromatic rings. The van der Waals surface area contributed by atoms with Gasteiger partial charge in [-0.05, 0) is 19.3 Å². The number of hydrogen-bond donors (Lipinski definition) is 0. The average molecular weight is 183 g/mol. The van der Waals surface area contributed by atoms with Crippen LogP contribution in [0.3, 0.4) is 0 Å². The molecule has 0 fully saturated rings. The fourth-order valence-corrected chi connectivity index (χ4v) is 1.28. The van der Waals surface area contributed by atoms with Crippen molar-refractivity contribution in [2.45, 2.75) is 39.5 Å². The number of hydrogen-bond acceptors (Lipinski definition) is 1. The number of rotatable bonds is 7. The van der Waals surface area contributed by atoms with Gasteiger partial charge in [0, 0.05) is 19.5 Å². The zero-order valence-corrected chi connectivity index (χ0v) is 8.88. The Balaban J connectivity index is 3.86. The lowest BCUT2D eigenvalue weighted by Crippen LogP contribution is -2.32. The minimum Gasteiger partial charge on any atom is -0.343 e.